The van der Waals surface area contributed by atoms with Gasteiger partial charge in [0.05, 0.1) is 17.0 Å². The molecule has 0 spiro atoms. The second-order valence-corrected chi connectivity index (χ2v) is 12.0. The minimum Gasteiger partial charge on any atom is -0.327 e. The van der Waals surface area contributed by atoms with E-state index in [-0.39, 0.29) is 12.0 Å². The molecule has 1 aliphatic heterocycles. The highest BCUT2D eigenvalue weighted by molar-refractivity contribution is 7.20. The van der Waals surface area contributed by atoms with Gasteiger partial charge in [-0.05, 0) is 78.9 Å². The van der Waals surface area contributed by atoms with E-state index in [4.69, 9.17) is 0 Å². The molecule has 2 aromatic heterocycles. The number of hydrogen-bond acceptors (Lipinski definition) is 2. The van der Waals surface area contributed by atoms with Gasteiger partial charge >= 0.3 is 0 Å². The largest absolute Gasteiger partial charge is 0.327 e. The fourth-order valence-corrected chi connectivity index (χ4v) is 7.38. The van der Waals surface area contributed by atoms with Gasteiger partial charge in [0.25, 0.3) is 0 Å². The molecular weight excluding hydrogens is 541 g/mol. The Hall–Kier alpha value is -5.04. The van der Waals surface area contributed by atoms with Crippen molar-refractivity contribution >= 4 is 60.7 Å². The van der Waals surface area contributed by atoms with E-state index in [1.807, 2.05) is 23.5 Å². The molecule has 0 N–H and O–H groups in total. The van der Waals surface area contributed by atoms with Gasteiger partial charge in [-0.25, -0.2) is 0 Å². The standard InChI is InChI=1S/C40H32N2S/c1-5-6-15-33-29(4)42(31-14-8-7-13-30(33)21-22-31)32-23-25-40-36(26-32)28(3)39(43-40)24-20-27(2)41-37-18-11-9-16-34(37)35-17-10-12-19-38(35)41/h5-20,23-26,30-31H,1-2H2,3-4H3/b13-7-,14-8?,15-6-,24-20-. The zero-order valence-corrected chi connectivity index (χ0v) is 25.2. The van der Waals surface area contributed by atoms with Crippen LogP contribution in [0.2, 0.25) is 0 Å². The quantitative estimate of drug-likeness (QED) is 0.145. The number of rotatable bonds is 6. The summed E-state index contributed by atoms with van der Waals surface area (Å²) in [6, 6.07) is 23.9. The maximum atomic E-state index is 4.49. The van der Waals surface area contributed by atoms with Gasteiger partial charge in [-0.3, -0.25) is 0 Å². The van der Waals surface area contributed by atoms with Crippen LogP contribution in [0.1, 0.15) is 17.4 Å². The summed E-state index contributed by atoms with van der Waals surface area (Å²) in [7, 11) is 0. The van der Waals surface area contributed by atoms with Gasteiger partial charge in [0.2, 0.25) is 0 Å². The number of para-hydroxylation sites is 2. The van der Waals surface area contributed by atoms with Gasteiger partial charge in [-0.2, -0.15) is 0 Å². The maximum Gasteiger partial charge on any atom is 0.114 e. The van der Waals surface area contributed by atoms with Crippen LogP contribution in [-0.2, 0) is 0 Å². The second-order valence-electron chi connectivity index (χ2n) is 11.0. The van der Waals surface area contributed by atoms with Gasteiger partial charge in [-0.15, -0.1) is 11.3 Å². The molecule has 0 amide bonds. The van der Waals surface area contributed by atoms with E-state index in [0.29, 0.717) is 0 Å². The molecule has 43 heavy (non-hydrogen) atoms. The number of aromatic nitrogens is 1. The molecule has 208 valence electrons. The summed E-state index contributed by atoms with van der Waals surface area (Å²) in [5.41, 5.74) is 8.10. The topological polar surface area (TPSA) is 8.17 Å². The predicted octanol–water partition coefficient (Wildman–Crippen LogP) is 10.5. The molecule has 7 rings (SSSR count). The Morgan fingerprint density at radius 2 is 1.58 bits per heavy atom. The van der Waals surface area contributed by atoms with Gasteiger partial charge in [0.1, 0.15) is 6.04 Å². The lowest BCUT2D eigenvalue weighted by atomic mass is 9.96. The summed E-state index contributed by atoms with van der Waals surface area (Å²) < 4.78 is 3.53. The van der Waals surface area contributed by atoms with E-state index in [2.05, 4.69) is 158 Å². The van der Waals surface area contributed by atoms with Crippen LogP contribution in [0.3, 0.4) is 0 Å². The highest BCUT2D eigenvalue weighted by Crippen LogP contribution is 2.38. The minimum atomic E-state index is -0.0348. The highest BCUT2D eigenvalue weighted by atomic mass is 32.1. The number of nitrogens with zero attached hydrogens (tertiary/aromatic N) is 2. The average Bonchev–Trinajstić information content (AvgIpc) is 3.49. The Labute approximate surface area is 257 Å². The lowest BCUT2D eigenvalue weighted by Crippen LogP contribution is -2.31. The molecule has 2 unspecified atom stereocenters. The van der Waals surface area contributed by atoms with E-state index in [9.17, 15) is 0 Å². The Bertz CT molecular complexity index is 2110. The molecule has 2 nitrogen and oxygen atoms in total. The molecule has 3 heterocycles. The Morgan fingerprint density at radius 3 is 2.33 bits per heavy atom. The second kappa shape index (κ2) is 11.0. The molecular formula is C40H32N2S. The third kappa shape index (κ3) is 4.61. The summed E-state index contributed by atoms with van der Waals surface area (Å²) in [6.07, 6.45) is 18.9. The summed E-state index contributed by atoms with van der Waals surface area (Å²) in [5, 5.41) is 3.76. The number of benzene rings is 3. The highest BCUT2D eigenvalue weighted by Gasteiger charge is 2.25. The molecule has 0 fully saturated rings. The third-order valence-corrected chi connectivity index (χ3v) is 9.67. The maximum absolute atomic E-state index is 4.49. The predicted molar refractivity (Wildman–Crippen MR) is 188 cm³/mol. The van der Waals surface area contributed by atoms with Crippen molar-refractivity contribution < 1.29 is 0 Å². The van der Waals surface area contributed by atoms with Crippen LogP contribution in [0.5, 0.6) is 0 Å². The van der Waals surface area contributed by atoms with Crippen molar-refractivity contribution in [1.82, 2.24) is 4.57 Å². The Morgan fingerprint density at radius 1 is 0.860 bits per heavy atom. The number of fused-ring (bicyclic) bond motifs is 6. The minimum absolute atomic E-state index is 0.0348. The van der Waals surface area contributed by atoms with Gasteiger partial charge in [0.15, 0.2) is 0 Å². The van der Waals surface area contributed by atoms with Crippen LogP contribution in [-0.4, -0.2) is 10.6 Å². The van der Waals surface area contributed by atoms with Crippen LogP contribution in [0.15, 0.2) is 140 Å². The molecule has 3 heteroatoms. The van der Waals surface area contributed by atoms with Gasteiger partial charge in [-0.1, -0.05) is 97.9 Å². The third-order valence-electron chi connectivity index (χ3n) is 8.43. The first-order valence-corrected chi connectivity index (χ1v) is 15.4. The first-order valence-electron chi connectivity index (χ1n) is 14.6. The molecule has 0 saturated carbocycles. The molecule has 2 atom stereocenters. The van der Waals surface area contributed by atoms with Crippen molar-refractivity contribution in [2.75, 3.05) is 4.90 Å². The summed E-state index contributed by atoms with van der Waals surface area (Å²) in [5.74, 6) is 7.08. The van der Waals surface area contributed by atoms with E-state index in [1.54, 1.807) is 0 Å². The van der Waals surface area contributed by atoms with E-state index in [0.717, 1.165) is 11.4 Å². The van der Waals surface area contributed by atoms with E-state index in [1.165, 1.54) is 53.6 Å². The van der Waals surface area contributed by atoms with Crippen molar-refractivity contribution in [1.29, 1.82) is 0 Å². The van der Waals surface area contributed by atoms with Crippen molar-refractivity contribution in [3.05, 3.63) is 150 Å². The number of hydrogen-bond donors (Lipinski definition) is 0. The van der Waals surface area contributed by atoms with Gasteiger partial charge < -0.3 is 9.47 Å². The van der Waals surface area contributed by atoms with Crippen LogP contribution < -0.4 is 4.90 Å². The lowest BCUT2D eigenvalue weighted by Gasteiger charge is -2.30. The van der Waals surface area contributed by atoms with Crippen LogP contribution in [0.4, 0.5) is 5.69 Å². The summed E-state index contributed by atoms with van der Waals surface area (Å²) in [4.78, 5) is 3.61. The molecule has 3 aromatic carbocycles. The van der Waals surface area contributed by atoms with Crippen molar-refractivity contribution in [3.63, 3.8) is 0 Å². The van der Waals surface area contributed by atoms with E-state index >= 15 is 0 Å². The molecule has 2 aliphatic rings. The van der Waals surface area contributed by atoms with Crippen molar-refractivity contribution in [2.24, 2.45) is 5.92 Å². The Kier molecular flexibility index (Phi) is 6.86. The summed E-state index contributed by atoms with van der Waals surface area (Å²) in [6.45, 7) is 12.8. The zero-order chi connectivity index (χ0) is 29.5. The number of allylic oxidation sites excluding steroid dienone is 10. The number of thiophene rings is 1. The van der Waals surface area contributed by atoms with Crippen molar-refractivity contribution in [2.45, 2.75) is 19.9 Å². The fraction of sp³-hybridized carbons (Fsp3) is 0.100. The molecule has 0 radical (unpaired) electrons. The number of aryl methyl sites for hydroxylation is 1. The first kappa shape index (κ1) is 26.8. The first-order chi connectivity index (χ1) is 21.0. The van der Waals surface area contributed by atoms with E-state index < -0.39 is 0 Å². The van der Waals surface area contributed by atoms with Crippen LogP contribution in [0.25, 0.3) is 43.7 Å². The molecule has 2 bridgehead atoms. The summed E-state index contributed by atoms with van der Waals surface area (Å²) >= 11 is 1.82. The molecule has 5 aromatic rings. The molecule has 0 saturated heterocycles. The normalized spacial score (nSPS) is 18.9. The fourth-order valence-electron chi connectivity index (χ4n) is 6.29. The van der Waals surface area contributed by atoms with Gasteiger partial charge in [0, 0.05) is 37.4 Å². The Balaban J connectivity index is 1.27. The van der Waals surface area contributed by atoms with Crippen molar-refractivity contribution in [3.8, 4) is 11.8 Å². The monoisotopic (exact) mass is 572 g/mol. The van der Waals surface area contributed by atoms with Crippen LogP contribution in [0, 0.1) is 24.7 Å². The van der Waals surface area contributed by atoms with Crippen LogP contribution >= 0.6 is 11.3 Å². The smallest absolute Gasteiger partial charge is 0.114 e. The zero-order valence-electron chi connectivity index (χ0n) is 24.4. The molecule has 1 aliphatic carbocycles. The lowest BCUT2D eigenvalue weighted by molar-refractivity contribution is 0.893. The average molecular weight is 573 g/mol. The SMILES string of the molecule is C=C/C=C\C1=C(C)N(c2ccc3sc(/C=C\C(=C)n4c5ccccc5c5ccccc54)c(C)c3c2)C2C#CC1/C=C\C=C2. The number of anilines is 1.